The van der Waals surface area contributed by atoms with Crippen LogP contribution in [-0.4, -0.2) is 22.5 Å². The molecule has 0 aliphatic rings. The number of furan rings is 1. The van der Waals surface area contributed by atoms with E-state index in [1.807, 2.05) is 6.07 Å². The van der Waals surface area contributed by atoms with Crippen LogP contribution in [0.3, 0.4) is 0 Å². The van der Waals surface area contributed by atoms with Gasteiger partial charge >= 0.3 is 5.97 Å². The second-order valence-electron chi connectivity index (χ2n) is 5.04. The lowest BCUT2D eigenvalue weighted by atomic mass is 9.98. The molecule has 1 heterocycles. The molecule has 0 saturated carbocycles. The van der Waals surface area contributed by atoms with Crippen LogP contribution in [0.2, 0.25) is 0 Å². The van der Waals surface area contributed by atoms with Crippen molar-refractivity contribution in [3.8, 4) is 11.1 Å². The molecule has 1 amide bonds. The molecule has 2 N–H and O–H groups in total. The van der Waals surface area contributed by atoms with E-state index in [4.69, 9.17) is 4.42 Å². The van der Waals surface area contributed by atoms with E-state index in [0.29, 0.717) is 12.0 Å². The summed E-state index contributed by atoms with van der Waals surface area (Å²) in [6, 6.07) is 8.76. The number of rotatable bonds is 5. The number of amides is 1. The minimum atomic E-state index is -1.28. The molecule has 0 spiro atoms. The summed E-state index contributed by atoms with van der Waals surface area (Å²) in [5, 5.41) is 11.8. The average molecular weight is 287 g/mol. The minimum Gasteiger partial charge on any atom is -0.480 e. The van der Waals surface area contributed by atoms with Crippen molar-refractivity contribution < 1.29 is 19.1 Å². The van der Waals surface area contributed by atoms with Crippen LogP contribution in [0.1, 0.15) is 30.6 Å². The fraction of sp³-hybridized carbons (Fsp3) is 0.250. The van der Waals surface area contributed by atoms with Crippen LogP contribution < -0.4 is 5.32 Å². The van der Waals surface area contributed by atoms with Crippen molar-refractivity contribution in [3.63, 3.8) is 0 Å². The summed E-state index contributed by atoms with van der Waals surface area (Å²) in [7, 11) is 0. The summed E-state index contributed by atoms with van der Waals surface area (Å²) < 4.78 is 5.02. The molecule has 0 aliphatic carbocycles. The van der Waals surface area contributed by atoms with E-state index in [-0.39, 0.29) is 0 Å². The third-order valence-corrected chi connectivity index (χ3v) is 3.55. The van der Waals surface area contributed by atoms with Crippen molar-refractivity contribution in [2.75, 3.05) is 0 Å². The zero-order valence-electron chi connectivity index (χ0n) is 11.9. The summed E-state index contributed by atoms with van der Waals surface area (Å²) in [6.07, 6.45) is 3.45. The van der Waals surface area contributed by atoms with Crippen molar-refractivity contribution in [2.24, 2.45) is 0 Å². The maximum atomic E-state index is 12.2. The Balaban J connectivity index is 2.24. The quantitative estimate of drug-likeness (QED) is 0.886. The van der Waals surface area contributed by atoms with E-state index in [0.717, 1.165) is 11.1 Å². The van der Waals surface area contributed by atoms with Gasteiger partial charge in [0.15, 0.2) is 0 Å². The molecule has 0 aliphatic heterocycles. The van der Waals surface area contributed by atoms with Crippen LogP contribution in [0.25, 0.3) is 11.1 Å². The third kappa shape index (κ3) is 3.13. The molecule has 1 aromatic carbocycles. The SMILES string of the molecule is CCC(C)(NC(=O)c1cccc(-c2ccoc2)c1)C(=O)O. The molecule has 1 aromatic heterocycles. The molecule has 110 valence electrons. The van der Waals surface area contributed by atoms with Gasteiger partial charge in [-0.2, -0.15) is 0 Å². The smallest absolute Gasteiger partial charge is 0.329 e. The van der Waals surface area contributed by atoms with E-state index in [9.17, 15) is 14.7 Å². The van der Waals surface area contributed by atoms with Gasteiger partial charge in [0.1, 0.15) is 5.54 Å². The summed E-state index contributed by atoms with van der Waals surface area (Å²) >= 11 is 0. The number of hydrogen-bond donors (Lipinski definition) is 2. The van der Waals surface area contributed by atoms with Crippen LogP contribution >= 0.6 is 0 Å². The molecule has 21 heavy (non-hydrogen) atoms. The number of carbonyl (C=O) groups excluding carboxylic acids is 1. The van der Waals surface area contributed by atoms with Crippen molar-refractivity contribution in [1.29, 1.82) is 0 Å². The predicted molar refractivity (Wildman–Crippen MR) is 77.9 cm³/mol. The number of carbonyl (C=O) groups is 2. The first kappa shape index (κ1) is 14.8. The Morgan fingerprint density at radius 2 is 2.05 bits per heavy atom. The van der Waals surface area contributed by atoms with E-state index < -0.39 is 17.4 Å². The van der Waals surface area contributed by atoms with Crippen molar-refractivity contribution in [2.45, 2.75) is 25.8 Å². The highest BCUT2D eigenvalue weighted by atomic mass is 16.4. The summed E-state index contributed by atoms with van der Waals surface area (Å²) in [4.78, 5) is 23.5. The van der Waals surface area contributed by atoms with Crippen LogP contribution in [-0.2, 0) is 4.79 Å². The van der Waals surface area contributed by atoms with Crippen LogP contribution in [0, 0.1) is 0 Å². The Morgan fingerprint density at radius 3 is 2.62 bits per heavy atom. The highest BCUT2D eigenvalue weighted by Crippen LogP contribution is 2.21. The fourth-order valence-electron chi connectivity index (χ4n) is 1.88. The van der Waals surface area contributed by atoms with Crippen molar-refractivity contribution >= 4 is 11.9 Å². The summed E-state index contributed by atoms with van der Waals surface area (Å²) in [5.41, 5.74) is 0.837. The lowest BCUT2D eigenvalue weighted by Crippen LogP contribution is -2.51. The number of nitrogens with one attached hydrogen (secondary N) is 1. The van der Waals surface area contributed by atoms with Gasteiger partial charge in [-0.15, -0.1) is 0 Å². The van der Waals surface area contributed by atoms with Crippen molar-refractivity contribution in [3.05, 3.63) is 48.4 Å². The van der Waals surface area contributed by atoms with Gasteiger partial charge in [-0.3, -0.25) is 4.79 Å². The normalized spacial score (nSPS) is 13.4. The second-order valence-corrected chi connectivity index (χ2v) is 5.04. The van der Waals surface area contributed by atoms with E-state index in [1.165, 1.54) is 6.92 Å². The molecule has 1 atom stereocenters. The largest absolute Gasteiger partial charge is 0.480 e. The number of carboxylic acids is 1. The Hall–Kier alpha value is -2.56. The highest BCUT2D eigenvalue weighted by molar-refractivity contribution is 5.98. The highest BCUT2D eigenvalue weighted by Gasteiger charge is 2.33. The zero-order valence-corrected chi connectivity index (χ0v) is 11.9. The first-order valence-electron chi connectivity index (χ1n) is 6.65. The standard InChI is InChI=1S/C16H17NO4/c1-3-16(2,15(19)20)17-14(18)12-6-4-5-11(9-12)13-7-8-21-10-13/h4-10H,3H2,1-2H3,(H,17,18)(H,19,20). The molecule has 0 radical (unpaired) electrons. The Labute approximate surface area is 122 Å². The molecule has 0 bridgehead atoms. The monoisotopic (exact) mass is 287 g/mol. The molecule has 2 rings (SSSR count). The molecule has 1 unspecified atom stereocenters. The van der Waals surface area contributed by atoms with Gasteiger partial charge in [0, 0.05) is 11.1 Å². The molecule has 2 aromatic rings. The van der Waals surface area contributed by atoms with Gasteiger partial charge in [0.2, 0.25) is 0 Å². The molecule has 5 heteroatoms. The number of carboxylic acid groups (broad SMARTS) is 1. The van der Waals surface area contributed by atoms with Gasteiger partial charge < -0.3 is 14.8 Å². The Kier molecular flexibility index (Phi) is 4.12. The fourth-order valence-corrected chi connectivity index (χ4v) is 1.88. The van der Waals surface area contributed by atoms with Crippen molar-refractivity contribution in [1.82, 2.24) is 5.32 Å². The summed E-state index contributed by atoms with van der Waals surface area (Å²) in [5.74, 6) is -1.46. The first-order chi connectivity index (χ1) is 9.96. The lowest BCUT2D eigenvalue weighted by molar-refractivity contribution is -0.143. The summed E-state index contributed by atoms with van der Waals surface area (Å²) in [6.45, 7) is 3.21. The van der Waals surface area contributed by atoms with E-state index in [2.05, 4.69) is 5.32 Å². The van der Waals surface area contributed by atoms with Crippen LogP contribution in [0.15, 0.2) is 47.3 Å². The van der Waals surface area contributed by atoms with Crippen LogP contribution in [0.4, 0.5) is 0 Å². The van der Waals surface area contributed by atoms with Gasteiger partial charge in [-0.1, -0.05) is 19.1 Å². The number of benzene rings is 1. The van der Waals surface area contributed by atoms with E-state index in [1.54, 1.807) is 43.7 Å². The third-order valence-electron chi connectivity index (χ3n) is 3.55. The predicted octanol–water partition coefficient (Wildman–Crippen LogP) is 2.93. The maximum absolute atomic E-state index is 12.2. The first-order valence-corrected chi connectivity index (χ1v) is 6.65. The Bertz CT molecular complexity index is 648. The Morgan fingerprint density at radius 1 is 1.29 bits per heavy atom. The molecule has 0 saturated heterocycles. The van der Waals surface area contributed by atoms with Crippen LogP contribution in [0.5, 0.6) is 0 Å². The zero-order chi connectivity index (χ0) is 15.5. The second kappa shape index (κ2) is 5.83. The van der Waals surface area contributed by atoms with Gasteiger partial charge in [-0.25, -0.2) is 4.79 Å². The number of hydrogen-bond acceptors (Lipinski definition) is 3. The molecular formula is C16H17NO4. The topological polar surface area (TPSA) is 79.5 Å². The van der Waals surface area contributed by atoms with E-state index >= 15 is 0 Å². The molecular weight excluding hydrogens is 270 g/mol. The van der Waals surface area contributed by atoms with Gasteiger partial charge in [0.25, 0.3) is 5.91 Å². The average Bonchev–Trinajstić information content (AvgIpc) is 3.01. The lowest BCUT2D eigenvalue weighted by Gasteiger charge is -2.24. The van der Waals surface area contributed by atoms with Gasteiger partial charge in [-0.05, 0) is 37.1 Å². The maximum Gasteiger partial charge on any atom is 0.329 e. The minimum absolute atomic E-state index is 0.301. The number of aliphatic carboxylic acids is 1. The van der Waals surface area contributed by atoms with Gasteiger partial charge in [0.05, 0.1) is 12.5 Å². The molecule has 5 nitrogen and oxygen atoms in total. The molecule has 0 fully saturated rings.